The standard InChI is InChI=1S/C29H25N3O2/c1-17(32-29(34)19-9-3-2-8-18(19)14-30-32)28(33)31-15-24-25(16-31)27-21-11-5-4-10-20(21)26(24)22-12-6-7-13-23(22)27/h2-14,17,24-27H,15-16H2,1H3. The summed E-state index contributed by atoms with van der Waals surface area (Å²) in [5, 5.41) is 5.74. The van der Waals surface area contributed by atoms with Crippen molar-refractivity contribution in [3.8, 4) is 0 Å². The van der Waals surface area contributed by atoms with Crippen molar-refractivity contribution in [3.05, 3.63) is 112 Å². The van der Waals surface area contributed by atoms with E-state index in [1.54, 1.807) is 19.2 Å². The molecule has 1 fully saturated rings. The van der Waals surface area contributed by atoms with E-state index in [4.69, 9.17) is 0 Å². The number of carbonyl (C=O) groups excluding carboxylic acids is 1. The Morgan fingerprint density at radius 1 is 0.824 bits per heavy atom. The molecule has 1 aliphatic heterocycles. The minimum atomic E-state index is -0.639. The highest BCUT2D eigenvalue weighted by atomic mass is 16.2. The smallest absolute Gasteiger partial charge is 0.275 e. The highest BCUT2D eigenvalue weighted by molar-refractivity contribution is 5.83. The molecule has 3 atom stereocenters. The van der Waals surface area contributed by atoms with Crippen LogP contribution in [0.1, 0.15) is 47.1 Å². The van der Waals surface area contributed by atoms with E-state index in [0.717, 1.165) is 18.5 Å². The molecule has 1 amide bonds. The maximum Gasteiger partial charge on any atom is 0.275 e. The molecule has 2 heterocycles. The summed E-state index contributed by atoms with van der Waals surface area (Å²) in [5.74, 6) is 1.40. The first-order valence-electron chi connectivity index (χ1n) is 12.1. The topological polar surface area (TPSA) is 55.2 Å². The summed E-state index contributed by atoms with van der Waals surface area (Å²) in [4.78, 5) is 28.8. The Morgan fingerprint density at radius 3 is 1.88 bits per heavy atom. The molecule has 2 bridgehead atoms. The van der Waals surface area contributed by atoms with Crippen molar-refractivity contribution in [1.29, 1.82) is 0 Å². The molecule has 0 spiro atoms. The Bertz CT molecular complexity index is 1420. The molecule has 0 radical (unpaired) electrons. The largest absolute Gasteiger partial charge is 0.340 e. The van der Waals surface area contributed by atoms with Crippen LogP contribution in [0.4, 0.5) is 0 Å². The van der Waals surface area contributed by atoms with Crippen LogP contribution in [0.25, 0.3) is 10.8 Å². The maximum absolute atomic E-state index is 13.7. The van der Waals surface area contributed by atoms with Gasteiger partial charge in [-0.1, -0.05) is 66.7 Å². The second kappa shape index (κ2) is 7.13. The third-order valence-electron chi connectivity index (χ3n) is 8.36. The Morgan fingerprint density at radius 2 is 1.32 bits per heavy atom. The summed E-state index contributed by atoms with van der Waals surface area (Å²) >= 11 is 0. The first-order valence-corrected chi connectivity index (χ1v) is 12.1. The van der Waals surface area contributed by atoms with Gasteiger partial charge in [-0.2, -0.15) is 5.10 Å². The van der Waals surface area contributed by atoms with Gasteiger partial charge in [0.15, 0.2) is 0 Å². The van der Waals surface area contributed by atoms with Crippen molar-refractivity contribution >= 4 is 16.7 Å². The third kappa shape index (κ3) is 2.58. The van der Waals surface area contributed by atoms with Crippen LogP contribution in [-0.2, 0) is 4.79 Å². The molecule has 3 aromatic carbocycles. The van der Waals surface area contributed by atoms with E-state index in [1.165, 1.54) is 26.9 Å². The minimum Gasteiger partial charge on any atom is -0.340 e. The van der Waals surface area contributed by atoms with Gasteiger partial charge in [0.1, 0.15) is 6.04 Å². The molecule has 168 valence electrons. The number of amides is 1. The van der Waals surface area contributed by atoms with Crippen LogP contribution in [-0.4, -0.2) is 33.7 Å². The molecule has 4 aliphatic rings. The van der Waals surface area contributed by atoms with Crippen LogP contribution >= 0.6 is 0 Å². The molecule has 34 heavy (non-hydrogen) atoms. The lowest BCUT2D eigenvalue weighted by atomic mass is 9.55. The highest BCUT2D eigenvalue weighted by Crippen LogP contribution is 2.60. The van der Waals surface area contributed by atoms with Crippen molar-refractivity contribution in [2.45, 2.75) is 24.8 Å². The molecule has 4 aromatic rings. The maximum atomic E-state index is 13.7. The number of carbonyl (C=O) groups is 1. The van der Waals surface area contributed by atoms with Crippen LogP contribution in [0.15, 0.2) is 83.8 Å². The fourth-order valence-electron chi connectivity index (χ4n) is 6.90. The van der Waals surface area contributed by atoms with Crippen LogP contribution < -0.4 is 5.56 Å². The number of fused-ring (bicyclic) bond motifs is 1. The first-order chi connectivity index (χ1) is 16.6. The fraction of sp³-hybridized carbons (Fsp3) is 0.276. The summed E-state index contributed by atoms with van der Waals surface area (Å²) in [6.07, 6.45) is 1.68. The summed E-state index contributed by atoms with van der Waals surface area (Å²) in [5.41, 5.74) is 5.46. The second-order valence-corrected chi connectivity index (χ2v) is 9.94. The number of hydrogen-bond acceptors (Lipinski definition) is 3. The summed E-state index contributed by atoms with van der Waals surface area (Å²) in [6.45, 7) is 3.24. The highest BCUT2D eigenvalue weighted by Gasteiger charge is 2.54. The quantitative estimate of drug-likeness (QED) is 0.460. The number of likely N-dealkylation sites (tertiary alicyclic amines) is 1. The molecule has 3 aliphatic carbocycles. The normalized spacial score (nSPS) is 25.0. The summed E-state index contributed by atoms with van der Waals surface area (Å²) in [6, 6.07) is 24.4. The van der Waals surface area contributed by atoms with Gasteiger partial charge in [0.05, 0.1) is 11.6 Å². The van der Waals surface area contributed by atoms with Crippen molar-refractivity contribution in [2.24, 2.45) is 11.8 Å². The van der Waals surface area contributed by atoms with Gasteiger partial charge in [-0.05, 0) is 47.1 Å². The molecule has 0 N–H and O–H groups in total. The van der Waals surface area contributed by atoms with Gasteiger partial charge >= 0.3 is 0 Å². The van der Waals surface area contributed by atoms with Crippen LogP contribution in [0.5, 0.6) is 0 Å². The zero-order valence-electron chi connectivity index (χ0n) is 19.0. The lowest BCUT2D eigenvalue weighted by molar-refractivity contribution is -0.133. The molecule has 5 nitrogen and oxygen atoms in total. The Balaban J connectivity index is 1.24. The minimum absolute atomic E-state index is 0.0215. The van der Waals surface area contributed by atoms with Crippen LogP contribution in [0.3, 0.4) is 0 Å². The molecule has 5 heteroatoms. The van der Waals surface area contributed by atoms with E-state index in [9.17, 15) is 9.59 Å². The van der Waals surface area contributed by atoms with Crippen molar-refractivity contribution in [3.63, 3.8) is 0 Å². The first kappa shape index (κ1) is 19.7. The predicted molar refractivity (Wildman–Crippen MR) is 131 cm³/mol. The molecule has 8 rings (SSSR count). The zero-order valence-corrected chi connectivity index (χ0v) is 19.0. The molecular weight excluding hydrogens is 422 g/mol. The average Bonchev–Trinajstić information content (AvgIpc) is 3.34. The molecule has 1 aromatic heterocycles. The van der Waals surface area contributed by atoms with Crippen molar-refractivity contribution in [1.82, 2.24) is 14.7 Å². The number of benzene rings is 3. The van der Waals surface area contributed by atoms with E-state index in [1.807, 2.05) is 23.1 Å². The fourth-order valence-corrected chi connectivity index (χ4v) is 6.90. The number of aromatic nitrogens is 2. The van der Waals surface area contributed by atoms with Gasteiger partial charge in [-0.3, -0.25) is 9.59 Å². The van der Waals surface area contributed by atoms with Crippen molar-refractivity contribution in [2.75, 3.05) is 13.1 Å². The molecule has 1 saturated heterocycles. The summed E-state index contributed by atoms with van der Waals surface area (Å²) < 4.78 is 1.35. The SMILES string of the molecule is CC(C(=O)N1CC2C3c4ccccc4C(c4ccccc43)C2C1)n1ncc2ccccc2c1=O. The number of hydrogen-bond donors (Lipinski definition) is 0. The number of nitrogens with zero attached hydrogens (tertiary/aromatic N) is 3. The van der Waals surface area contributed by atoms with E-state index < -0.39 is 6.04 Å². The van der Waals surface area contributed by atoms with E-state index in [2.05, 4.69) is 53.6 Å². The lowest BCUT2D eigenvalue weighted by Crippen LogP contribution is -2.39. The van der Waals surface area contributed by atoms with Gasteiger partial charge in [0.25, 0.3) is 5.56 Å². The number of rotatable bonds is 2. The van der Waals surface area contributed by atoms with Crippen molar-refractivity contribution < 1.29 is 4.79 Å². The van der Waals surface area contributed by atoms with Gasteiger partial charge in [0, 0.05) is 30.3 Å². The van der Waals surface area contributed by atoms with E-state index >= 15 is 0 Å². The van der Waals surface area contributed by atoms with Gasteiger partial charge in [-0.15, -0.1) is 0 Å². The molecular formula is C29H25N3O2. The monoisotopic (exact) mass is 447 g/mol. The van der Waals surface area contributed by atoms with Crippen LogP contribution in [0, 0.1) is 11.8 Å². The second-order valence-electron chi connectivity index (χ2n) is 9.94. The Hall–Kier alpha value is -3.73. The molecule has 3 unspecified atom stereocenters. The van der Waals surface area contributed by atoms with Gasteiger partial charge in [-0.25, -0.2) is 4.68 Å². The lowest BCUT2D eigenvalue weighted by Gasteiger charge is -2.47. The predicted octanol–water partition coefficient (Wildman–Crippen LogP) is 4.32. The third-order valence-corrected chi connectivity index (χ3v) is 8.36. The van der Waals surface area contributed by atoms with Crippen LogP contribution in [0.2, 0.25) is 0 Å². The summed E-state index contributed by atoms with van der Waals surface area (Å²) in [7, 11) is 0. The zero-order chi connectivity index (χ0) is 23.0. The average molecular weight is 448 g/mol. The Kier molecular flexibility index (Phi) is 4.14. The van der Waals surface area contributed by atoms with Gasteiger partial charge < -0.3 is 4.90 Å². The Labute approximate surface area is 197 Å². The van der Waals surface area contributed by atoms with E-state index in [0.29, 0.717) is 29.1 Å². The van der Waals surface area contributed by atoms with Gasteiger partial charge in [0.2, 0.25) is 5.91 Å². The molecule has 0 saturated carbocycles. The van der Waals surface area contributed by atoms with E-state index in [-0.39, 0.29) is 11.5 Å².